The molecule has 2 aliphatic rings. The van der Waals surface area contributed by atoms with Gasteiger partial charge in [-0.2, -0.15) is 5.26 Å². The van der Waals surface area contributed by atoms with Crippen LogP contribution in [0.5, 0.6) is 5.75 Å². The summed E-state index contributed by atoms with van der Waals surface area (Å²) in [5, 5.41) is 13.9. The number of aryl methyl sites for hydroxylation is 1. The van der Waals surface area contributed by atoms with Gasteiger partial charge in [-0.1, -0.05) is 54.6 Å². The van der Waals surface area contributed by atoms with E-state index in [1.165, 1.54) is 10.9 Å². The van der Waals surface area contributed by atoms with Gasteiger partial charge in [0.25, 0.3) is 0 Å². The summed E-state index contributed by atoms with van der Waals surface area (Å²) < 4.78 is 7.99. The lowest BCUT2D eigenvalue weighted by atomic mass is 9.75. The van der Waals surface area contributed by atoms with E-state index in [-0.39, 0.29) is 6.04 Å². The molecule has 32 heavy (non-hydrogen) atoms. The van der Waals surface area contributed by atoms with Crippen LogP contribution in [0.1, 0.15) is 29.0 Å². The minimum absolute atomic E-state index is 0.239. The van der Waals surface area contributed by atoms with Crippen LogP contribution in [0.25, 0.3) is 10.9 Å². The first-order valence-electron chi connectivity index (χ1n) is 10.8. The highest BCUT2D eigenvalue weighted by Gasteiger charge is 2.63. The molecule has 2 aliphatic heterocycles. The molecule has 158 valence electrons. The van der Waals surface area contributed by atoms with Crippen molar-refractivity contribution in [3.8, 4) is 11.8 Å². The topological polar surface area (TPSA) is 50.4 Å². The number of rotatable bonds is 3. The molecule has 3 aromatic carbocycles. The van der Waals surface area contributed by atoms with Gasteiger partial charge in [0, 0.05) is 28.7 Å². The first kappa shape index (κ1) is 19.0. The predicted molar refractivity (Wildman–Crippen MR) is 123 cm³/mol. The van der Waals surface area contributed by atoms with Crippen LogP contribution in [0.4, 0.5) is 5.69 Å². The normalized spacial score (nSPS) is 23.7. The molecule has 0 bridgehead atoms. The van der Waals surface area contributed by atoms with Crippen LogP contribution in [0.2, 0.25) is 0 Å². The largest absolute Gasteiger partial charge is 0.496 e. The molecular formula is C27H23N3O2. The Kier molecular flexibility index (Phi) is 4.08. The highest BCUT2D eigenvalue weighted by Crippen LogP contribution is 2.63. The monoisotopic (exact) mass is 421 g/mol. The van der Waals surface area contributed by atoms with E-state index in [1.54, 1.807) is 7.11 Å². The zero-order valence-corrected chi connectivity index (χ0v) is 18.0. The van der Waals surface area contributed by atoms with Crippen LogP contribution < -0.4 is 9.80 Å². The first-order valence-corrected chi connectivity index (χ1v) is 10.8. The molecule has 1 aromatic heterocycles. The highest BCUT2D eigenvalue weighted by molar-refractivity contribution is 5.86. The fraction of sp³-hybridized carbons (Fsp3) is 0.222. The molecule has 0 unspecified atom stereocenters. The van der Waals surface area contributed by atoms with Crippen LogP contribution >= 0.6 is 0 Å². The second-order valence-corrected chi connectivity index (χ2v) is 8.56. The van der Waals surface area contributed by atoms with Gasteiger partial charge in [0.15, 0.2) is 0 Å². The molecule has 0 amide bonds. The lowest BCUT2D eigenvalue weighted by molar-refractivity contribution is 0.0460. The fourth-order valence-electron chi connectivity index (χ4n) is 5.58. The van der Waals surface area contributed by atoms with Crippen molar-refractivity contribution < 1.29 is 9.57 Å². The van der Waals surface area contributed by atoms with E-state index in [4.69, 9.17) is 9.57 Å². The third kappa shape index (κ3) is 2.36. The van der Waals surface area contributed by atoms with Crippen LogP contribution in [0.15, 0.2) is 78.9 Å². The molecule has 5 heteroatoms. The summed E-state index contributed by atoms with van der Waals surface area (Å²) in [6.07, 6.45) is -0.466. The summed E-state index contributed by atoms with van der Waals surface area (Å²) in [6, 6.07) is 28.8. The molecule has 0 aliphatic carbocycles. The van der Waals surface area contributed by atoms with Gasteiger partial charge >= 0.3 is 0 Å². The molecule has 0 spiro atoms. The number of para-hydroxylation sites is 3. The van der Waals surface area contributed by atoms with Crippen molar-refractivity contribution in [3.63, 3.8) is 0 Å². The molecule has 3 atom stereocenters. The van der Waals surface area contributed by atoms with Crippen LogP contribution in [-0.2, 0) is 11.4 Å². The van der Waals surface area contributed by atoms with Gasteiger partial charge in [-0.25, -0.2) is 5.06 Å². The number of nitrogens with zero attached hydrogens (tertiary/aromatic N) is 3. The second kappa shape index (κ2) is 6.88. The maximum absolute atomic E-state index is 10.7. The lowest BCUT2D eigenvalue weighted by Crippen LogP contribution is -2.30. The highest BCUT2D eigenvalue weighted by atomic mass is 16.7. The van der Waals surface area contributed by atoms with Crippen molar-refractivity contribution >= 4 is 16.6 Å². The molecular weight excluding hydrogens is 398 g/mol. The van der Waals surface area contributed by atoms with Crippen molar-refractivity contribution in [2.75, 3.05) is 12.2 Å². The number of hydroxylamine groups is 1. The zero-order chi connectivity index (χ0) is 21.9. The smallest absolute Gasteiger partial charge is 0.137 e. The Bertz CT molecular complexity index is 1370. The third-order valence-corrected chi connectivity index (χ3v) is 7.00. The maximum atomic E-state index is 10.7. The van der Waals surface area contributed by atoms with Gasteiger partial charge in [-0.3, -0.25) is 4.84 Å². The van der Waals surface area contributed by atoms with Crippen LogP contribution in [0, 0.1) is 23.7 Å². The quantitative estimate of drug-likeness (QED) is 0.425. The Labute approximate surface area is 187 Å². The molecule has 5 nitrogen and oxygen atoms in total. The molecule has 0 N–H and O–H groups in total. The number of fused-ring (bicyclic) bond motifs is 5. The third-order valence-electron chi connectivity index (χ3n) is 7.00. The standard InChI is InChI=1S/C27H23N3O2/c1-18-20-12-6-8-14-22(20)29-17-27(16-28)25(24(18)29)30(19-10-4-3-5-11-19)32-26(27)21-13-7-9-15-23(21)31-2/h3-15,25-26H,17H2,1-2H3/t25-,26-,27+/m1/s1. The summed E-state index contributed by atoms with van der Waals surface area (Å²) in [6.45, 7) is 2.71. The Hall–Kier alpha value is -3.75. The Morgan fingerprint density at radius 1 is 1.00 bits per heavy atom. The lowest BCUT2D eigenvalue weighted by Gasteiger charge is -2.26. The van der Waals surface area contributed by atoms with Crippen molar-refractivity contribution in [2.45, 2.75) is 25.6 Å². The molecule has 0 radical (unpaired) electrons. The Morgan fingerprint density at radius 2 is 1.72 bits per heavy atom. The van der Waals surface area contributed by atoms with Gasteiger partial charge in [-0.15, -0.1) is 0 Å². The van der Waals surface area contributed by atoms with Crippen LogP contribution in [0.3, 0.4) is 0 Å². The van der Waals surface area contributed by atoms with Gasteiger partial charge < -0.3 is 9.30 Å². The summed E-state index contributed by atoms with van der Waals surface area (Å²) in [5.41, 5.74) is 4.55. The molecule has 3 heterocycles. The summed E-state index contributed by atoms with van der Waals surface area (Å²) in [7, 11) is 1.66. The van der Waals surface area contributed by atoms with Crippen molar-refractivity contribution in [3.05, 3.63) is 95.7 Å². The Morgan fingerprint density at radius 3 is 2.50 bits per heavy atom. The predicted octanol–water partition coefficient (Wildman–Crippen LogP) is 5.72. The van der Waals surface area contributed by atoms with Gasteiger partial charge in [0.05, 0.1) is 18.9 Å². The summed E-state index contributed by atoms with van der Waals surface area (Å²) >= 11 is 0. The average molecular weight is 422 g/mol. The summed E-state index contributed by atoms with van der Waals surface area (Å²) in [4.78, 5) is 6.66. The first-order chi connectivity index (χ1) is 15.7. The number of hydrogen-bond acceptors (Lipinski definition) is 4. The molecule has 6 rings (SSSR count). The number of benzene rings is 3. The van der Waals surface area contributed by atoms with E-state index >= 15 is 0 Å². The Balaban J connectivity index is 1.62. The van der Waals surface area contributed by atoms with E-state index in [9.17, 15) is 5.26 Å². The van der Waals surface area contributed by atoms with E-state index in [0.29, 0.717) is 6.54 Å². The second-order valence-electron chi connectivity index (χ2n) is 8.56. The van der Waals surface area contributed by atoms with Gasteiger partial charge in [0.2, 0.25) is 0 Å². The maximum Gasteiger partial charge on any atom is 0.137 e. The minimum Gasteiger partial charge on any atom is -0.496 e. The number of hydrogen-bond donors (Lipinski definition) is 0. The minimum atomic E-state index is -0.797. The van der Waals surface area contributed by atoms with Crippen LogP contribution in [-0.4, -0.2) is 11.7 Å². The molecule has 4 aromatic rings. The van der Waals surface area contributed by atoms with Gasteiger partial charge in [-0.05, 0) is 36.8 Å². The van der Waals surface area contributed by atoms with Crippen molar-refractivity contribution in [1.29, 1.82) is 5.26 Å². The SMILES string of the molecule is COc1ccccc1[C@H]1ON(c2ccccc2)[C@@H]2c3c(C)c4ccccc4n3C[C@]12C#N. The van der Waals surface area contributed by atoms with Gasteiger partial charge in [0.1, 0.15) is 23.3 Å². The number of ether oxygens (including phenoxy) is 1. The van der Waals surface area contributed by atoms with E-state index < -0.39 is 11.5 Å². The molecule has 0 saturated carbocycles. The molecule has 1 saturated heterocycles. The summed E-state index contributed by atoms with van der Waals surface area (Å²) in [5.74, 6) is 0.735. The fourth-order valence-corrected chi connectivity index (χ4v) is 5.58. The number of aromatic nitrogens is 1. The zero-order valence-electron chi connectivity index (χ0n) is 18.0. The number of methoxy groups -OCH3 is 1. The average Bonchev–Trinajstić information content (AvgIpc) is 3.45. The number of anilines is 1. The molecule has 1 fully saturated rings. The van der Waals surface area contributed by atoms with Crippen molar-refractivity contribution in [1.82, 2.24) is 4.57 Å². The van der Waals surface area contributed by atoms with E-state index in [2.05, 4.69) is 41.8 Å². The van der Waals surface area contributed by atoms with Crippen molar-refractivity contribution in [2.24, 2.45) is 5.41 Å². The van der Waals surface area contributed by atoms with E-state index in [0.717, 1.165) is 28.2 Å². The van der Waals surface area contributed by atoms with E-state index in [1.807, 2.05) is 59.7 Å². The number of nitriles is 1.